The Morgan fingerprint density at radius 3 is 2.62 bits per heavy atom. The molecule has 0 saturated carbocycles. The van der Waals surface area contributed by atoms with Gasteiger partial charge in [-0.3, -0.25) is 0 Å². The molecule has 0 aliphatic carbocycles. The Morgan fingerprint density at radius 2 is 2.08 bits per heavy atom. The Hall–Kier alpha value is 0.210. The van der Waals surface area contributed by atoms with E-state index in [0.29, 0.717) is 10.6 Å². The number of rotatable bonds is 2. The molecule has 1 aromatic rings. The fraction of sp³-hybridized carbons (Fsp3) is 0.333. The van der Waals surface area contributed by atoms with Crippen molar-refractivity contribution in [3.63, 3.8) is 0 Å². The van der Waals surface area contributed by atoms with E-state index < -0.39 is 5.82 Å². The van der Waals surface area contributed by atoms with Crippen LogP contribution in [0.4, 0.5) is 4.39 Å². The molecule has 0 saturated heterocycles. The molecule has 1 aromatic carbocycles. The summed E-state index contributed by atoms with van der Waals surface area (Å²) in [5, 5.41) is 0.603. The average molecular weight is 286 g/mol. The van der Waals surface area contributed by atoms with Crippen LogP contribution in [0.2, 0.25) is 10.0 Å². The Kier molecular flexibility index (Phi) is 4.02. The summed E-state index contributed by atoms with van der Waals surface area (Å²) >= 11 is 15.1. The maximum Gasteiger partial charge on any atom is 0.142 e. The van der Waals surface area contributed by atoms with Crippen LogP contribution < -0.4 is 0 Å². The fourth-order valence-electron chi connectivity index (χ4n) is 1.03. The Balaban J connectivity index is 3.25. The zero-order valence-corrected chi connectivity index (χ0v) is 10.0. The lowest BCUT2D eigenvalue weighted by Crippen LogP contribution is -1.93. The molecule has 0 aliphatic rings. The quantitative estimate of drug-likeness (QED) is 0.531. The Labute approximate surface area is 95.2 Å². The van der Waals surface area contributed by atoms with Gasteiger partial charge in [0.2, 0.25) is 0 Å². The summed E-state index contributed by atoms with van der Waals surface area (Å²) in [7, 11) is 0. The van der Waals surface area contributed by atoms with Crippen LogP contribution >= 0.6 is 39.1 Å². The van der Waals surface area contributed by atoms with Gasteiger partial charge in [-0.25, -0.2) is 4.39 Å². The third-order valence-electron chi connectivity index (χ3n) is 1.75. The molecule has 1 atom stereocenters. The van der Waals surface area contributed by atoms with Gasteiger partial charge in [-0.2, -0.15) is 0 Å². The second kappa shape index (κ2) is 4.63. The van der Waals surface area contributed by atoms with Crippen LogP contribution in [0.5, 0.6) is 0 Å². The maximum atomic E-state index is 13.0. The molecule has 1 rings (SSSR count). The maximum absolute atomic E-state index is 13.0. The van der Waals surface area contributed by atoms with Crippen molar-refractivity contribution in [3.8, 4) is 0 Å². The van der Waals surface area contributed by atoms with E-state index in [1.54, 1.807) is 0 Å². The van der Waals surface area contributed by atoms with E-state index in [1.807, 2.05) is 6.92 Å². The second-order valence-electron chi connectivity index (χ2n) is 2.63. The topological polar surface area (TPSA) is 0 Å². The van der Waals surface area contributed by atoms with Gasteiger partial charge in [-0.05, 0) is 18.6 Å². The highest BCUT2D eigenvalue weighted by Gasteiger charge is 2.16. The van der Waals surface area contributed by atoms with Crippen LogP contribution in [0.1, 0.15) is 23.7 Å². The van der Waals surface area contributed by atoms with Crippen molar-refractivity contribution in [2.45, 2.75) is 18.2 Å². The van der Waals surface area contributed by atoms with Gasteiger partial charge in [0, 0.05) is 15.4 Å². The van der Waals surface area contributed by atoms with Gasteiger partial charge in [0.15, 0.2) is 0 Å². The van der Waals surface area contributed by atoms with E-state index in [0.717, 1.165) is 6.42 Å². The Morgan fingerprint density at radius 1 is 1.46 bits per heavy atom. The van der Waals surface area contributed by atoms with E-state index in [2.05, 4.69) is 15.9 Å². The summed E-state index contributed by atoms with van der Waals surface area (Å²) in [6.07, 6.45) is 0.808. The first-order valence-electron chi connectivity index (χ1n) is 3.85. The number of benzene rings is 1. The van der Waals surface area contributed by atoms with Crippen molar-refractivity contribution in [1.29, 1.82) is 0 Å². The highest BCUT2D eigenvalue weighted by molar-refractivity contribution is 9.09. The number of alkyl halides is 1. The van der Waals surface area contributed by atoms with Crippen LogP contribution in [-0.4, -0.2) is 0 Å². The summed E-state index contributed by atoms with van der Waals surface area (Å²) in [6, 6.07) is 2.78. The number of hydrogen-bond donors (Lipinski definition) is 0. The number of hydrogen-bond acceptors (Lipinski definition) is 0. The van der Waals surface area contributed by atoms with Gasteiger partial charge in [0.05, 0.1) is 5.02 Å². The molecule has 0 N–H and O–H groups in total. The van der Waals surface area contributed by atoms with Crippen molar-refractivity contribution in [2.75, 3.05) is 0 Å². The SMILES string of the molecule is CCC(Br)c1c(Cl)ccc(F)c1Cl. The highest BCUT2D eigenvalue weighted by atomic mass is 79.9. The zero-order chi connectivity index (χ0) is 10.0. The summed E-state index contributed by atoms with van der Waals surface area (Å²) in [5.74, 6) is -0.432. The lowest BCUT2D eigenvalue weighted by atomic mass is 10.1. The minimum absolute atomic E-state index is 0.00296. The molecule has 0 bridgehead atoms. The summed E-state index contributed by atoms with van der Waals surface area (Å²) in [6.45, 7) is 1.97. The third kappa shape index (κ3) is 2.36. The van der Waals surface area contributed by atoms with E-state index >= 15 is 0 Å². The molecule has 4 heteroatoms. The monoisotopic (exact) mass is 284 g/mol. The molecule has 0 aromatic heterocycles. The third-order valence-corrected chi connectivity index (χ3v) is 3.57. The van der Waals surface area contributed by atoms with Gasteiger partial charge in [0.1, 0.15) is 5.82 Å². The predicted molar refractivity (Wildman–Crippen MR) is 58.4 cm³/mol. The molecule has 0 nitrogen and oxygen atoms in total. The van der Waals surface area contributed by atoms with E-state index in [9.17, 15) is 4.39 Å². The molecule has 0 heterocycles. The lowest BCUT2D eigenvalue weighted by Gasteiger charge is -2.11. The van der Waals surface area contributed by atoms with Gasteiger partial charge >= 0.3 is 0 Å². The van der Waals surface area contributed by atoms with Gasteiger partial charge in [-0.15, -0.1) is 0 Å². The van der Waals surface area contributed by atoms with E-state index in [1.165, 1.54) is 12.1 Å². The molecule has 0 amide bonds. The minimum Gasteiger partial charge on any atom is -0.205 e. The summed E-state index contributed by atoms with van der Waals surface area (Å²) < 4.78 is 13.0. The molecule has 0 spiro atoms. The molecular formula is C9H8BrCl2F. The van der Waals surface area contributed by atoms with Crippen LogP contribution in [0.3, 0.4) is 0 Å². The second-order valence-corrected chi connectivity index (χ2v) is 4.52. The highest BCUT2D eigenvalue weighted by Crippen LogP contribution is 2.38. The predicted octanol–water partition coefficient (Wildman–Crippen LogP) is 4.98. The minimum atomic E-state index is -0.432. The fourth-order valence-corrected chi connectivity index (χ4v) is 2.41. The molecule has 1 unspecified atom stereocenters. The van der Waals surface area contributed by atoms with Crippen molar-refractivity contribution in [3.05, 3.63) is 33.6 Å². The first kappa shape index (κ1) is 11.3. The smallest absolute Gasteiger partial charge is 0.142 e. The summed E-state index contributed by atoms with van der Waals surface area (Å²) in [5.41, 5.74) is 0.630. The largest absolute Gasteiger partial charge is 0.205 e. The standard InChI is InChI=1S/C9H8BrCl2F/c1-2-5(10)8-6(11)3-4-7(13)9(8)12/h3-5H,2H2,1H3. The van der Waals surface area contributed by atoms with E-state index in [-0.39, 0.29) is 9.85 Å². The van der Waals surface area contributed by atoms with Crippen molar-refractivity contribution in [2.24, 2.45) is 0 Å². The molecule has 13 heavy (non-hydrogen) atoms. The molecule has 0 radical (unpaired) electrons. The van der Waals surface area contributed by atoms with Crippen molar-refractivity contribution in [1.82, 2.24) is 0 Å². The average Bonchev–Trinajstić information content (AvgIpc) is 2.12. The molecular weight excluding hydrogens is 278 g/mol. The zero-order valence-electron chi connectivity index (χ0n) is 6.95. The van der Waals surface area contributed by atoms with Gasteiger partial charge in [0.25, 0.3) is 0 Å². The first-order chi connectivity index (χ1) is 6.07. The van der Waals surface area contributed by atoms with Crippen molar-refractivity contribution < 1.29 is 4.39 Å². The molecule has 72 valence electrons. The molecule has 0 aliphatic heterocycles. The molecule has 0 fully saturated rings. The van der Waals surface area contributed by atoms with Gasteiger partial charge < -0.3 is 0 Å². The number of halogens is 4. The summed E-state index contributed by atoms with van der Waals surface area (Å²) in [4.78, 5) is 0.00296. The van der Waals surface area contributed by atoms with Gasteiger partial charge in [-0.1, -0.05) is 46.1 Å². The van der Waals surface area contributed by atoms with E-state index in [4.69, 9.17) is 23.2 Å². The van der Waals surface area contributed by atoms with Crippen LogP contribution in [0.15, 0.2) is 12.1 Å². The van der Waals surface area contributed by atoms with Crippen LogP contribution in [-0.2, 0) is 0 Å². The van der Waals surface area contributed by atoms with Crippen LogP contribution in [0.25, 0.3) is 0 Å². The Bertz CT molecular complexity index is 315. The van der Waals surface area contributed by atoms with Crippen LogP contribution in [0, 0.1) is 5.82 Å². The van der Waals surface area contributed by atoms with Crippen molar-refractivity contribution >= 4 is 39.1 Å². The lowest BCUT2D eigenvalue weighted by molar-refractivity contribution is 0.625. The normalized spacial score (nSPS) is 13.0. The first-order valence-corrected chi connectivity index (χ1v) is 5.52.